The van der Waals surface area contributed by atoms with Crippen molar-refractivity contribution in [3.8, 4) is 5.75 Å². The number of halogens is 1. The molecule has 184 valence electrons. The van der Waals surface area contributed by atoms with Crippen molar-refractivity contribution in [1.29, 1.82) is 0 Å². The van der Waals surface area contributed by atoms with E-state index in [9.17, 15) is 4.79 Å². The van der Waals surface area contributed by atoms with Gasteiger partial charge in [-0.3, -0.25) is 4.90 Å². The number of aryl methyl sites for hydroxylation is 1. The molecule has 3 aromatic carbocycles. The van der Waals surface area contributed by atoms with Gasteiger partial charge in [-0.15, -0.1) is 0 Å². The van der Waals surface area contributed by atoms with Crippen molar-refractivity contribution in [2.45, 2.75) is 19.6 Å². The molecular formula is C28H32ClN3O3. The van der Waals surface area contributed by atoms with E-state index >= 15 is 0 Å². The summed E-state index contributed by atoms with van der Waals surface area (Å²) in [6, 6.07) is 23.5. The van der Waals surface area contributed by atoms with Gasteiger partial charge in [0.15, 0.2) is 0 Å². The van der Waals surface area contributed by atoms with E-state index in [-0.39, 0.29) is 12.1 Å². The largest absolute Gasteiger partial charge is 0.497 e. The summed E-state index contributed by atoms with van der Waals surface area (Å²) >= 11 is 6.15. The molecule has 4 rings (SSSR count). The number of methoxy groups -OCH3 is 1. The topological polar surface area (TPSA) is 54.0 Å². The fourth-order valence-electron chi connectivity index (χ4n) is 4.13. The Hall–Kier alpha value is -3.06. The molecule has 1 atom stereocenters. The molecule has 7 heteroatoms. The van der Waals surface area contributed by atoms with Gasteiger partial charge in [-0.2, -0.15) is 0 Å². The second-order valence-electron chi connectivity index (χ2n) is 8.79. The molecule has 1 N–H and O–H groups in total. The maximum absolute atomic E-state index is 12.7. The van der Waals surface area contributed by atoms with Gasteiger partial charge in [0.05, 0.1) is 19.8 Å². The van der Waals surface area contributed by atoms with Crippen molar-refractivity contribution in [2.75, 3.05) is 45.2 Å². The maximum atomic E-state index is 12.7. The average molecular weight is 494 g/mol. The fourth-order valence-corrected chi connectivity index (χ4v) is 4.34. The van der Waals surface area contributed by atoms with Gasteiger partial charge in [0.25, 0.3) is 0 Å². The second-order valence-corrected chi connectivity index (χ2v) is 9.23. The smallest absolute Gasteiger partial charge is 0.321 e. The monoisotopic (exact) mass is 493 g/mol. The number of urea groups is 1. The van der Waals surface area contributed by atoms with Crippen LogP contribution in [0.15, 0.2) is 72.8 Å². The number of hydrogen-bond donors (Lipinski definition) is 1. The maximum Gasteiger partial charge on any atom is 0.321 e. The highest BCUT2D eigenvalue weighted by Crippen LogP contribution is 2.25. The van der Waals surface area contributed by atoms with E-state index in [1.807, 2.05) is 78.6 Å². The van der Waals surface area contributed by atoms with Crippen LogP contribution in [0, 0.1) is 6.92 Å². The van der Waals surface area contributed by atoms with Crippen LogP contribution in [0.1, 0.15) is 22.8 Å². The zero-order valence-corrected chi connectivity index (χ0v) is 21.0. The number of ether oxygens (including phenoxy) is 2. The van der Waals surface area contributed by atoms with Crippen LogP contribution in [0.5, 0.6) is 5.75 Å². The van der Waals surface area contributed by atoms with Crippen LogP contribution >= 0.6 is 11.6 Å². The van der Waals surface area contributed by atoms with E-state index in [1.165, 1.54) is 5.56 Å². The van der Waals surface area contributed by atoms with Gasteiger partial charge in [0, 0.05) is 43.4 Å². The minimum Gasteiger partial charge on any atom is -0.497 e. The van der Waals surface area contributed by atoms with Crippen molar-refractivity contribution < 1.29 is 14.3 Å². The number of anilines is 1. The highest BCUT2D eigenvalue weighted by atomic mass is 35.5. The van der Waals surface area contributed by atoms with Gasteiger partial charge in [0.1, 0.15) is 5.75 Å². The van der Waals surface area contributed by atoms with Crippen molar-refractivity contribution in [1.82, 2.24) is 9.80 Å². The Bertz CT molecular complexity index is 1110. The summed E-state index contributed by atoms with van der Waals surface area (Å²) in [5.74, 6) is 0.802. The summed E-state index contributed by atoms with van der Waals surface area (Å²) in [6.45, 7) is 6.10. The second kappa shape index (κ2) is 12.1. The summed E-state index contributed by atoms with van der Waals surface area (Å²) in [5, 5.41) is 3.69. The molecule has 0 aromatic heterocycles. The Morgan fingerprint density at radius 2 is 1.74 bits per heavy atom. The number of nitrogens with one attached hydrogen (secondary N) is 1. The van der Waals surface area contributed by atoms with E-state index in [0.717, 1.165) is 42.2 Å². The number of nitrogens with zero attached hydrogens (tertiary/aromatic N) is 2. The molecule has 6 nitrogen and oxygen atoms in total. The lowest BCUT2D eigenvalue weighted by Crippen LogP contribution is -2.50. The Morgan fingerprint density at radius 1 is 1.00 bits per heavy atom. The quantitative estimate of drug-likeness (QED) is 0.433. The number of piperazine rings is 1. The summed E-state index contributed by atoms with van der Waals surface area (Å²) in [4.78, 5) is 16.9. The Balaban J connectivity index is 1.36. The molecule has 2 amide bonds. The highest BCUT2D eigenvalue weighted by Gasteiger charge is 2.24. The summed E-state index contributed by atoms with van der Waals surface area (Å²) < 4.78 is 11.8. The van der Waals surface area contributed by atoms with Crippen LogP contribution in [0.2, 0.25) is 5.02 Å². The van der Waals surface area contributed by atoms with Crippen LogP contribution in [-0.4, -0.2) is 55.7 Å². The summed E-state index contributed by atoms with van der Waals surface area (Å²) in [6.07, 6.45) is -0.142. The molecule has 3 aromatic rings. The minimum atomic E-state index is -0.142. The van der Waals surface area contributed by atoms with Gasteiger partial charge >= 0.3 is 6.03 Å². The molecule has 1 aliphatic rings. The van der Waals surface area contributed by atoms with E-state index < -0.39 is 0 Å². The number of benzene rings is 3. The number of amides is 2. The van der Waals surface area contributed by atoms with Crippen molar-refractivity contribution >= 4 is 23.3 Å². The van der Waals surface area contributed by atoms with E-state index in [1.54, 1.807) is 7.11 Å². The standard InChI is InChI=1S/C28H32ClN3O3/c1-21-9-11-25(12-10-21)30-28(33)32-15-13-31(14-16-32)19-27(23-6-4-8-26(18-23)34-2)35-20-22-5-3-7-24(29)17-22/h3-12,17-18,27H,13-16,19-20H2,1-2H3,(H,30,33)/t27-/m0/s1. The molecule has 1 fully saturated rings. The molecule has 1 saturated heterocycles. The molecule has 0 saturated carbocycles. The molecule has 0 aliphatic carbocycles. The first kappa shape index (κ1) is 25.0. The summed E-state index contributed by atoms with van der Waals surface area (Å²) in [5.41, 5.74) is 4.07. The van der Waals surface area contributed by atoms with Gasteiger partial charge in [-0.05, 0) is 54.4 Å². The van der Waals surface area contributed by atoms with Gasteiger partial charge in [-0.1, -0.05) is 53.6 Å². The van der Waals surface area contributed by atoms with Crippen molar-refractivity contribution in [3.63, 3.8) is 0 Å². The lowest BCUT2D eigenvalue weighted by Gasteiger charge is -2.36. The highest BCUT2D eigenvalue weighted by molar-refractivity contribution is 6.30. The van der Waals surface area contributed by atoms with Crippen LogP contribution in [0.25, 0.3) is 0 Å². The summed E-state index contributed by atoms with van der Waals surface area (Å²) in [7, 11) is 1.67. The SMILES string of the molecule is COc1cccc([C@H](CN2CCN(C(=O)Nc3ccc(C)cc3)CC2)OCc2cccc(Cl)c2)c1. The number of carbonyl (C=O) groups excluding carboxylic acids is 1. The van der Waals surface area contributed by atoms with Crippen molar-refractivity contribution in [2.24, 2.45) is 0 Å². The zero-order chi connectivity index (χ0) is 24.6. The van der Waals surface area contributed by atoms with Gasteiger partial charge < -0.3 is 19.7 Å². The van der Waals surface area contributed by atoms with Gasteiger partial charge in [-0.25, -0.2) is 4.79 Å². The van der Waals surface area contributed by atoms with Crippen LogP contribution in [0.3, 0.4) is 0 Å². The molecule has 0 spiro atoms. The third-order valence-corrected chi connectivity index (χ3v) is 6.43. The van der Waals surface area contributed by atoms with Crippen LogP contribution in [0.4, 0.5) is 10.5 Å². The zero-order valence-electron chi connectivity index (χ0n) is 20.2. The Labute approximate surface area is 212 Å². The van der Waals surface area contributed by atoms with Crippen molar-refractivity contribution in [3.05, 3.63) is 94.5 Å². The molecular weight excluding hydrogens is 462 g/mol. The fraction of sp³-hybridized carbons (Fsp3) is 0.321. The van der Waals surface area contributed by atoms with Crippen LogP contribution in [-0.2, 0) is 11.3 Å². The predicted octanol–water partition coefficient (Wildman–Crippen LogP) is 5.76. The third-order valence-electron chi connectivity index (χ3n) is 6.19. The first-order valence-electron chi connectivity index (χ1n) is 11.8. The number of carbonyl (C=O) groups is 1. The first-order valence-corrected chi connectivity index (χ1v) is 12.2. The average Bonchev–Trinajstić information content (AvgIpc) is 2.88. The third kappa shape index (κ3) is 7.21. The minimum absolute atomic E-state index is 0.0601. The molecule has 1 aliphatic heterocycles. The number of hydrogen-bond acceptors (Lipinski definition) is 4. The lowest BCUT2D eigenvalue weighted by atomic mass is 10.1. The van der Waals surface area contributed by atoms with Gasteiger partial charge in [0.2, 0.25) is 0 Å². The molecule has 0 bridgehead atoms. The lowest BCUT2D eigenvalue weighted by molar-refractivity contribution is 0.00584. The molecule has 0 radical (unpaired) electrons. The van der Waals surface area contributed by atoms with E-state index in [4.69, 9.17) is 21.1 Å². The Morgan fingerprint density at radius 3 is 2.46 bits per heavy atom. The first-order chi connectivity index (χ1) is 17.0. The van der Waals surface area contributed by atoms with E-state index in [2.05, 4.69) is 16.3 Å². The van der Waals surface area contributed by atoms with E-state index in [0.29, 0.717) is 24.7 Å². The normalized spacial score (nSPS) is 15.0. The van der Waals surface area contributed by atoms with Crippen LogP contribution < -0.4 is 10.1 Å². The molecule has 1 heterocycles. The Kier molecular flexibility index (Phi) is 8.64. The predicted molar refractivity (Wildman–Crippen MR) is 140 cm³/mol. The molecule has 0 unspecified atom stereocenters. The number of rotatable bonds is 8. The molecule has 35 heavy (non-hydrogen) atoms.